The Morgan fingerprint density at radius 3 is 2.46 bits per heavy atom. The fourth-order valence-electron chi connectivity index (χ4n) is 2.60. The van der Waals surface area contributed by atoms with E-state index >= 15 is 0 Å². The van der Waals surface area contributed by atoms with Crippen LogP contribution in [0, 0.1) is 11.3 Å². The first-order valence-electron chi connectivity index (χ1n) is 7.60. The molecule has 1 aliphatic heterocycles. The highest BCUT2D eigenvalue weighted by atomic mass is 35.5. The van der Waals surface area contributed by atoms with Crippen LogP contribution in [0.1, 0.15) is 6.42 Å². The lowest BCUT2D eigenvalue weighted by Gasteiger charge is -2.34. The summed E-state index contributed by atoms with van der Waals surface area (Å²) in [6.45, 7) is 1.73. The Kier molecular flexibility index (Phi) is 5.88. The third-order valence-corrected chi connectivity index (χ3v) is 4.13. The van der Waals surface area contributed by atoms with E-state index in [4.69, 9.17) is 16.9 Å². The number of halogens is 1. The predicted molar refractivity (Wildman–Crippen MR) is 93.2 cm³/mol. The third-order valence-electron chi connectivity index (χ3n) is 3.83. The molecule has 1 fully saturated rings. The van der Waals surface area contributed by atoms with Gasteiger partial charge in [0.05, 0.1) is 22.5 Å². The first kappa shape index (κ1) is 17.9. The van der Waals surface area contributed by atoms with Crippen LogP contribution in [0.4, 0.5) is 16.2 Å². The van der Waals surface area contributed by atoms with Crippen molar-refractivity contribution in [1.82, 2.24) is 9.80 Å². The molecule has 0 unspecified atom stereocenters. The van der Waals surface area contributed by atoms with Gasteiger partial charge >= 0.3 is 6.03 Å². The lowest BCUT2D eigenvalue weighted by molar-refractivity contribution is -0.131. The molecule has 0 spiro atoms. The SMILES string of the molecule is CN(C)c1c(Cl)cccc1NC(=O)N1CCN(C(=O)CC#N)CC1. The minimum atomic E-state index is -0.229. The second-order valence-electron chi connectivity index (χ2n) is 5.66. The van der Waals surface area contributed by atoms with Crippen molar-refractivity contribution in [3.05, 3.63) is 23.2 Å². The summed E-state index contributed by atoms with van der Waals surface area (Å²) in [5.41, 5.74) is 1.39. The van der Waals surface area contributed by atoms with Crippen LogP contribution in [0.25, 0.3) is 0 Å². The molecule has 1 heterocycles. The smallest absolute Gasteiger partial charge is 0.322 e. The number of nitrogens with zero attached hydrogens (tertiary/aromatic N) is 4. The quantitative estimate of drug-likeness (QED) is 0.905. The van der Waals surface area contributed by atoms with Crippen LogP contribution in [0.15, 0.2) is 18.2 Å². The molecule has 0 aliphatic carbocycles. The van der Waals surface area contributed by atoms with E-state index in [1.54, 1.807) is 28.0 Å². The number of urea groups is 1. The van der Waals surface area contributed by atoms with Crippen molar-refractivity contribution in [1.29, 1.82) is 5.26 Å². The molecule has 2 rings (SSSR count). The number of nitrogens with one attached hydrogen (secondary N) is 1. The predicted octanol–water partition coefficient (Wildman–Crippen LogP) is 2.00. The summed E-state index contributed by atoms with van der Waals surface area (Å²) >= 11 is 6.20. The van der Waals surface area contributed by atoms with E-state index in [0.29, 0.717) is 36.9 Å². The number of para-hydroxylation sites is 1. The van der Waals surface area contributed by atoms with Gasteiger partial charge in [-0.25, -0.2) is 4.79 Å². The van der Waals surface area contributed by atoms with Crippen molar-refractivity contribution in [2.24, 2.45) is 0 Å². The molecule has 1 saturated heterocycles. The maximum atomic E-state index is 12.5. The van der Waals surface area contributed by atoms with E-state index < -0.39 is 0 Å². The van der Waals surface area contributed by atoms with Gasteiger partial charge in [0, 0.05) is 40.3 Å². The summed E-state index contributed by atoms with van der Waals surface area (Å²) in [7, 11) is 3.72. The Balaban J connectivity index is 1.99. The highest BCUT2D eigenvalue weighted by molar-refractivity contribution is 6.34. The number of rotatable bonds is 3. The Hall–Kier alpha value is -2.46. The molecule has 0 atom stereocenters. The van der Waals surface area contributed by atoms with Gasteiger partial charge in [0.25, 0.3) is 0 Å². The molecule has 7 nitrogen and oxygen atoms in total. The normalized spacial score (nSPS) is 14.1. The van der Waals surface area contributed by atoms with Gasteiger partial charge in [-0.3, -0.25) is 4.79 Å². The summed E-state index contributed by atoms with van der Waals surface area (Å²) in [5.74, 6) is -0.192. The van der Waals surface area contributed by atoms with Gasteiger partial charge in [-0.2, -0.15) is 5.26 Å². The minimum Gasteiger partial charge on any atom is -0.375 e. The summed E-state index contributed by atoms with van der Waals surface area (Å²) < 4.78 is 0. The Labute approximate surface area is 146 Å². The fraction of sp³-hybridized carbons (Fsp3) is 0.438. The average Bonchev–Trinajstić information content (AvgIpc) is 2.55. The molecule has 1 aromatic carbocycles. The van der Waals surface area contributed by atoms with E-state index in [2.05, 4.69) is 5.32 Å². The lowest BCUT2D eigenvalue weighted by atomic mass is 10.2. The zero-order chi connectivity index (χ0) is 17.7. The third kappa shape index (κ3) is 4.09. The first-order valence-corrected chi connectivity index (χ1v) is 7.98. The van der Waals surface area contributed by atoms with Gasteiger partial charge in [-0.05, 0) is 12.1 Å². The van der Waals surface area contributed by atoms with Crippen LogP contribution in [-0.4, -0.2) is 62.0 Å². The number of hydrogen-bond acceptors (Lipinski definition) is 4. The topological polar surface area (TPSA) is 79.7 Å². The van der Waals surface area contributed by atoms with Crippen molar-refractivity contribution in [2.75, 3.05) is 50.5 Å². The number of anilines is 2. The molecule has 1 N–H and O–H groups in total. The van der Waals surface area contributed by atoms with Crippen molar-refractivity contribution in [3.8, 4) is 6.07 Å². The van der Waals surface area contributed by atoms with Crippen molar-refractivity contribution >= 4 is 34.9 Å². The van der Waals surface area contributed by atoms with E-state index in [-0.39, 0.29) is 18.4 Å². The molecule has 0 aromatic heterocycles. The molecule has 3 amide bonds. The second kappa shape index (κ2) is 7.88. The second-order valence-corrected chi connectivity index (χ2v) is 6.07. The van der Waals surface area contributed by atoms with Crippen molar-refractivity contribution < 1.29 is 9.59 Å². The maximum absolute atomic E-state index is 12.5. The van der Waals surface area contributed by atoms with Gasteiger partial charge < -0.3 is 20.0 Å². The fourth-order valence-corrected chi connectivity index (χ4v) is 2.95. The summed E-state index contributed by atoms with van der Waals surface area (Å²) in [6.07, 6.45) is -0.124. The van der Waals surface area contributed by atoms with E-state index in [1.165, 1.54) is 0 Å². The van der Waals surface area contributed by atoms with Crippen LogP contribution in [0.2, 0.25) is 5.02 Å². The Morgan fingerprint density at radius 1 is 1.25 bits per heavy atom. The van der Waals surface area contributed by atoms with Crippen molar-refractivity contribution in [2.45, 2.75) is 6.42 Å². The number of hydrogen-bond donors (Lipinski definition) is 1. The first-order chi connectivity index (χ1) is 11.4. The Morgan fingerprint density at radius 2 is 1.88 bits per heavy atom. The van der Waals surface area contributed by atoms with Gasteiger partial charge in [-0.1, -0.05) is 17.7 Å². The molecule has 1 aromatic rings. The monoisotopic (exact) mass is 349 g/mol. The van der Waals surface area contributed by atoms with Gasteiger partial charge in [0.15, 0.2) is 0 Å². The van der Waals surface area contributed by atoms with Crippen LogP contribution < -0.4 is 10.2 Å². The number of carbonyl (C=O) groups excluding carboxylic acids is 2. The van der Waals surface area contributed by atoms with Crippen LogP contribution in [0.3, 0.4) is 0 Å². The molecular formula is C16H20ClN5O2. The minimum absolute atomic E-state index is 0.124. The van der Waals surface area contributed by atoms with Gasteiger partial charge in [0.1, 0.15) is 6.42 Å². The molecule has 24 heavy (non-hydrogen) atoms. The number of nitriles is 1. The number of piperazine rings is 1. The average molecular weight is 350 g/mol. The van der Waals surface area contributed by atoms with Crippen LogP contribution in [-0.2, 0) is 4.79 Å². The Bertz CT molecular complexity index is 663. The molecule has 0 saturated carbocycles. The van der Waals surface area contributed by atoms with Gasteiger partial charge in [-0.15, -0.1) is 0 Å². The molecule has 0 radical (unpaired) electrons. The standard InChI is InChI=1S/C16H20ClN5O2/c1-20(2)15-12(17)4-3-5-13(15)19-16(24)22-10-8-21(9-11-22)14(23)6-7-18/h3-5H,6,8-11H2,1-2H3,(H,19,24). The zero-order valence-corrected chi connectivity index (χ0v) is 14.5. The molecular weight excluding hydrogens is 330 g/mol. The molecule has 0 bridgehead atoms. The lowest BCUT2D eigenvalue weighted by Crippen LogP contribution is -2.51. The maximum Gasteiger partial charge on any atom is 0.322 e. The summed E-state index contributed by atoms with van der Waals surface area (Å²) in [6, 6.07) is 6.97. The van der Waals surface area contributed by atoms with Gasteiger partial charge in [0.2, 0.25) is 5.91 Å². The molecule has 128 valence electrons. The van der Waals surface area contributed by atoms with E-state index in [0.717, 1.165) is 5.69 Å². The van der Waals surface area contributed by atoms with Crippen LogP contribution >= 0.6 is 11.6 Å². The highest BCUT2D eigenvalue weighted by Crippen LogP contribution is 2.32. The summed E-state index contributed by atoms with van der Waals surface area (Å²) in [5, 5.41) is 12.0. The molecule has 8 heteroatoms. The summed E-state index contributed by atoms with van der Waals surface area (Å²) in [4.78, 5) is 29.2. The number of amides is 3. The van der Waals surface area contributed by atoms with E-state index in [9.17, 15) is 9.59 Å². The molecule has 1 aliphatic rings. The van der Waals surface area contributed by atoms with Crippen molar-refractivity contribution in [3.63, 3.8) is 0 Å². The number of carbonyl (C=O) groups is 2. The highest BCUT2D eigenvalue weighted by Gasteiger charge is 2.24. The van der Waals surface area contributed by atoms with E-state index in [1.807, 2.05) is 25.1 Å². The number of benzene rings is 1. The zero-order valence-electron chi connectivity index (χ0n) is 13.8. The largest absolute Gasteiger partial charge is 0.375 e. The van der Waals surface area contributed by atoms with Crippen LogP contribution in [0.5, 0.6) is 0 Å².